The Morgan fingerprint density at radius 2 is 2.00 bits per heavy atom. The lowest BCUT2D eigenvalue weighted by Gasteiger charge is -2.34. The van der Waals surface area contributed by atoms with Crippen LogP contribution in [0, 0.1) is 11.2 Å². The highest BCUT2D eigenvalue weighted by atomic mass is 19.1. The largest absolute Gasteiger partial charge is 0.313 e. The van der Waals surface area contributed by atoms with E-state index in [-0.39, 0.29) is 17.3 Å². The van der Waals surface area contributed by atoms with Crippen LogP contribution in [0.2, 0.25) is 0 Å². The quantitative estimate of drug-likeness (QED) is 0.821. The van der Waals surface area contributed by atoms with E-state index < -0.39 is 0 Å². The summed E-state index contributed by atoms with van der Waals surface area (Å²) in [6, 6.07) is 7.25. The van der Waals surface area contributed by atoms with E-state index in [4.69, 9.17) is 0 Å². The third kappa shape index (κ3) is 2.12. The predicted molar refractivity (Wildman–Crippen MR) is 64.8 cm³/mol. The van der Waals surface area contributed by atoms with Crippen molar-refractivity contribution in [3.8, 4) is 0 Å². The van der Waals surface area contributed by atoms with Gasteiger partial charge >= 0.3 is 0 Å². The number of benzene rings is 1. The van der Waals surface area contributed by atoms with Gasteiger partial charge in [-0.15, -0.1) is 0 Å². The Balaban J connectivity index is 2.28. The SMILES string of the molecule is CNC(c1cccc(F)c1)C1(C)CCCC1. The van der Waals surface area contributed by atoms with Crippen LogP contribution in [0.25, 0.3) is 0 Å². The Labute approximate surface area is 97.1 Å². The molecule has 1 aliphatic carbocycles. The number of rotatable bonds is 3. The van der Waals surface area contributed by atoms with Crippen molar-refractivity contribution in [2.24, 2.45) is 5.41 Å². The van der Waals surface area contributed by atoms with Crippen LogP contribution in [-0.4, -0.2) is 7.05 Å². The van der Waals surface area contributed by atoms with Crippen molar-refractivity contribution in [2.45, 2.75) is 38.6 Å². The van der Waals surface area contributed by atoms with Gasteiger partial charge in [0.1, 0.15) is 5.82 Å². The molecule has 1 aromatic rings. The van der Waals surface area contributed by atoms with Crippen molar-refractivity contribution in [1.82, 2.24) is 5.32 Å². The number of halogens is 1. The summed E-state index contributed by atoms with van der Waals surface area (Å²) < 4.78 is 13.2. The molecule has 0 bridgehead atoms. The summed E-state index contributed by atoms with van der Waals surface area (Å²) in [5.41, 5.74) is 1.36. The molecule has 1 unspecified atom stereocenters. The second-order valence-electron chi connectivity index (χ2n) is 5.14. The molecule has 1 aromatic carbocycles. The van der Waals surface area contributed by atoms with Crippen molar-refractivity contribution >= 4 is 0 Å². The summed E-state index contributed by atoms with van der Waals surface area (Å²) in [7, 11) is 1.97. The van der Waals surface area contributed by atoms with Crippen LogP contribution < -0.4 is 5.32 Å². The molecule has 16 heavy (non-hydrogen) atoms. The van der Waals surface area contributed by atoms with E-state index in [2.05, 4.69) is 12.2 Å². The van der Waals surface area contributed by atoms with Crippen LogP contribution in [0.1, 0.15) is 44.2 Å². The summed E-state index contributed by atoms with van der Waals surface area (Å²) in [4.78, 5) is 0. The van der Waals surface area contributed by atoms with E-state index in [1.54, 1.807) is 12.1 Å². The molecule has 1 atom stereocenters. The third-order valence-corrected chi connectivity index (χ3v) is 3.91. The summed E-state index contributed by atoms with van der Waals surface area (Å²) >= 11 is 0. The van der Waals surface area contributed by atoms with Gasteiger partial charge in [0, 0.05) is 6.04 Å². The molecule has 1 nitrogen and oxygen atoms in total. The van der Waals surface area contributed by atoms with Gasteiger partial charge in [0.15, 0.2) is 0 Å². The highest BCUT2D eigenvalue weighted by Gasteiger charge is 2.36. The molecule has 0 radical (unpaired) electrons. The zero-order valence-corrected chi connectivity index (χ0v) is 10.1. The first-order valence-electron chi connectivity index (χ1n) is 6.08. The fraction of sp³-hybridized carbons (Fsp3) is 0.571. The molecular weight excluding hydrogens is 201 g/mol. The maximum Gasteiger partial charge on any atom is 0.123 e. The first kappa shape index (κ1) is 11.6. The lowest BCUT2D eigenvalue weighted by atomic mass is 9.77. The van der Waals surface area contributed by atoms with Crippen LogP contribution in [0.4, 0.5) is 4.39 Å². The molecule has 0 heterocycles. The summed E-state index contributed by atoms with van der Waals surface area (Å²) in [6.45, 7) is 2.31. The highest BCUT2D eigenvalue weighted by Crippen LogP contribution is 2.46. The third-order valence-electron chi connectivity index (χ3n) is 3.91. The van der Waals surface area contributed by atoms with Crippen LogP contribution in [-0.2, 0) is 0 Å². The van der Waals surface area contributed by atoms with E-state index in [0.29, 0.717) is 0 Å². The second kappa shape index (κ2) is 4.54. The lowest BCUT2D eigenvalue weighted by molar-refractivity contribution is 0.233. The molecule has 0 saturated heterocycles. The Hall–Kier alpha value is -0.890. The molecule has 1 fully saturated rings. The molecule has 2 rings (SSSR count). The van der Waals surface area contributed by atoms with Crippen LogP contribution in [0.3, 0.4) is 0 Å². The average Bonchev–Trinajstić information content (AvgIpc) is 2.67. The molecule has 0 spiro atoms. The number of nitrogens with one attached hydrogen (secondary N) is 1. The number of hydrogen-bond acceptors (Lipinski definition) is 1. The number of hydrogen-bond donors (Lipinski definition) is 1. The van der Waals surface area contributed by atoms with Crippen molar-refractivity contribution in [2.75, 3.05) is 7.05 Å². The molecule has 1 N–H and O–H groups in total. The zero-order chi connectivity index (χ0) is 11.6. The van der Waals surface area contributed by atoms with Crippen molar-refractivity contribution in [1.29, 1.82) is 0 Å². The van der Waals surface area contributed by atoms with E-state index in [1.165, 1.54) is 31.7 Å². The fourth-order valence-electron chi connectivity index (χ4n) is 3.08. The first-order chi connectivity index (χ1) is 7.65. The van der Waals surface area contributed by atoms with Crippen molar-refractivity contribution in [3.63, 3.8) is 0 Å². The van der Waals surface area contributed by atoms with Crippen molar-refractivity contribution in [3.05, 3.63) is 35.6 Å². The minimum absolute atomic E-state index is 0.139. The Bertz CT molecular complexity index is 356. The van der Waals surface area contributed by atoms with Crippen molar-refractivity contribution < 1.29 is 4.39 Å². The smallest absolute Gasteiger partial charge is 0.123 e. The molecule has 1 saturated carbocycles. The first-order valence-corrected chi connectivity index (χ1v) is 6.08. The van der Waals surface area contributed by atoms with Gasteiger partial charge in [-0.2, -0.15) is 0 Å². The normalized spacial score (nSPS) is 20.9. The average molecular weight is 221 g/mol. The van der Waals surface area contributed by atoms with Crippen LogP contribution in [0.5, 0.6) is 0 Å². The molecule has 88 valence electrons. The molecule has 0 aromatic heterocycles. The lowest BCUT2D eigenvalue weighted by Crippen LogP contribution is -2.32. The summed E-state index contributed by atoms with van der Waals surface area (Å²) in [6.07, 6.45) is 5.05. The van der Waals surface area contributed by atoms with Gasteiger partial charge in [-0.1, -0.05) is 31.9 Å². The Kier molecular flexibility index (Phi) is 3.29. The summed E-state index contributed by atoms with van der Waals surface area (Å²) in [5.74, 6) is -0.139. The maximum absolute atomic E-state index is 13.2. The van der Waals surface area contributed by atoms with Crippen LogP contribution >= 0.6 is 0 Å². The Morgan fingerprint density at radius 3 is 2.56 bits per heavy atom. The van der Waals surface area contributed by atoms with E-state index in [9.17, 15) is 4.39 Å². The van der Waals surface area contributed by atoms with E-state index in [0.717, 1.165) is 5.56 Å². The predicted octanol–water partition coefficient (Wildman–Crippen LogP) is 3.67. The van der Waals surface area contributed by atoms with Gasteiger partial charge in [0.2, 0.25) is 0 Å². The monoisotopic (exact) mass is 221 g/mol. The molecule has 1 aliphatic rings. The van der Waals surface area contributed by atoms with Gasteiger partial charge < -0.3 is 5.32 Å². The van der Waals surface area contributed by atoms with Crippen LogP contribution in [0.15, 0.2) is 24.3 Å². The van der Waals surface area contributed by atoms with Gasteiger partial charge in [0.25, 0.3) is 0 Å². The van der Waals surface area contributed by atoms with Gasteiger partial charge in [-0.05, 0) is 43.0 Å². The Morgan fingerprint density at radius 1 is 1.31 bits per heavy atom. The molecule has 2 heteroatoms. The summed E-state index contributed by atoms with van der Waals surface area (Å²) in [5, 5.41) is 3.36. The second-order valence-corrected chi connectivity index (χ2v) is 5.14. The highest BCUT2D eigenvalue weighted by molar-refractivity contribution is 5.22. The van der Waals surface area contributed by atoms with Gasteiger partial charge in [-0.3, -0.25) is 0 Å². The van der Waals surface area contributed by atoms with Gasteiger partial charge in [-0.25, -0.2) is 4.39 Å². The molecule has 0 amide bonds. The minimum atomic E-state index is -0.139. The maximum atomic E-state index is 13.2. The van der Waals surface area contributed by atoms with E-state index >= 15 is 0 Å². The standard InChI is InChI=1S/C14H20FN/c1-14(8-3-4-9-14)13(16-2)11-6-5-7-12(15)10-11/h5-7,10,13,16H,3-4,8-9H2,1-2H3. The zero-order valence-electron chi connectivity index (χ0n) is 10.1. The van der Waals surface area contributed by atoms with E-state index in [1.807, 2.05) is 13.1 Å². The molecular formula is C14H20FN. The van der Waals surface area contributed by atoms with Gasteiger partial charge in [0.05, 0.1) is 0 Å². The topological polar surface area (TPSA) is 12.0 Å². The fourth-order valence-corrected chi connectivity index (χ4v) is 3.08. The minimum Gasteiger partial charge on any atom is -0.313 e. The molecule has 0 aliphatic heterocycles.